The molecule has 0 saturated carbocycles. The van der Waals surface area contributed by atoms with Gasteiger partial charge in [0.1, 0.15) is 17.3 Å². The fourth-order valence-corrected chi connectivity index (χ4v) is 6.96. The Bertz CT molecular complexity index is 2280. The van der Waals surface area contributed by atoms with E-state index in [0.717, 1.165) is 64.7 Å². The SMILES string of the molecule is Cc1nn(-c2cccc(Oc3ccc4c5cc(CCC(C)C)ccc5n(-c5cc(CCC(C)(C)C)ccn5)c4c3)c2)c(C)c1-c1ccccc1. The lowest BCUT2D eigenvalue weighted by Gasteiger charge is -2.18. The Morgan fingerprint density at radius 1 is 0.720 bits per heavy atom. The molecule has 5 heteroatoms. The van der Waals surface area contributed by atoms with Gasteiger partial charge in [0.05, 0.1) is 22.4 Å². The minimum atomic E-state index is 0.269. The molecule has 5 nitrogen and oxygen atoms in total. The van der Waals surface area contributed by atoms with Crippen molar-refractivity contribution in [1.29, 1.82) is 0 Å². The number of ether oxygens (including phenoxy) is 1. The molecule has 0 saturated heterocycles. The van der Waals surface area contributed by atoms with Crippen LogP contribution in [0.2, 0.25) is 0 Å². The summed E-state index contributed by atoms with van der Waals surface area (Å²) in [7, 11) is 0. The number of aryl methyl sites for hydroxylation is 3. The van der Waals surface area contributed by atoms with Gasteiger partial charge in [-0.2, -0.15) is 5.10 Å². The van der Waals surface area contributed by atoms with Crippen LogP contribution in [0.5, 0.6) is 11.5 Å². The van der Waals surface area contributed by atoms with Crippen LogP contribution in [0.1, 0.15) is 70.0 Å². The number of aromatic nitrogens is 4. The molecule has 0 spiro atoms. The predicted molar refractivity (Wildman–Crippen MR) is 208 cm³/mol. The van der Waals surface area contributed by atoms with Crippen molar-refractivity contribution in [3.63, 3.8) is 0 Å². The molecule has 0 aliphatic carbocycles. The van der Waals surface area contributed by atoms with E-state index in [1.807, 2.05) is 29.1 Å². The van der Waals surface area contributed by atoms with Crippen molar-refractivity contribution in [3.8, 4) is 34.1 Å². The summed E-state index contributed by atoms with van der Waals surface area (Å²) in [5.41, 5.74) is 10.6. The Balaban J connectivity index is 1.28. The van der Waals surface area contributed by atoms with Crippen LogP contribution in [0, 0.1) is 25.2 Å². The van der Waals surface area contributed by atoms with E-state index in [2.05, 4.69) is 138 Å². The minimum Gasteiger partial charge on any atom is -0.457 e. The van der Waals surface area contributed by atoms with Crippen molar-refractivity contribution in [3.05, 3.63) is 132 Å². The monoisotopic (exact) mass is 660 g/mol. The number of hydrogen-bond acceptors (Lipinski definition) is 3. The van der Waals surface area contributed by atoms with Gasteiger partial charge < -0.3 is 4.74 Å². The van der Waals surface area contributed by atoms with Gasteiger partial charge in [-0.05, 0) is 116 Å². The van der Waals surface area contributed by atoms with E-state index in [1.165, 1.54) is 39.4 Å². The van der Waals surface area contributed by atoms with E-state index in [-0.39, 0.29) is 5.41 Å². The van der Waals surface area contributed by atoms with Gasteiger partial charge >= 0.3 is 0 Å². The Kier molecular flexibility index (Phi) is 9.09. The summed E-state index contributed by atoms with van der Waals surface area (Å²) in [5.74, 6) is 3.14. The zero-order chi connectivity index (χ0) is 35.0. The van der Waals surface area contributed by atoms with Crippen molar-refractivity contribution in [2.24, 2.45) is 11.3 Å². The zero-order valence-corrected chi connectivity index (χ0v) is 30.5. The molecule has 0 bridgehead atoms. The van der Waals surface area contributed by atoms with Crippen molar-refractivity contribution < 1.29 is 4.74 Å². The number of pyridine rings is 1. The third kappa shape index (κ3) is 6.96. The molecule has 0 aliphatic heterocycles. The molecule has 50 heavy (non-hydrogen) atoms. The van der Waals surface area contributed by atoms with Crippen molar-refractivity contribution in [2.45, 2.75) is 74.1 Å². The molecule has 0 radical (unpaired) electrons. The Labute approximate surface area is 296 Å². The first-order valence-corrected chi connectivity index (χ1v) is 18.0. The Morgan fingerprint density at radius 2 is 1.50 bits per heavy atom. The first-order valence-electron chi connectivity index (χ1n) is 18.0. The average molecular weight is 661 g/mol. The molecule has 0 atom stereocenters. The summed E-state index contributed by atoms with van der Waals surface area (Å²) in [6, 6.07) is 36.5. The van der Waals surface area contributed by atoms with E-state index < -0.39 is 0 Å². The van der Waals surface area contributed by atoms with Gasteiger partial charge in [0.15, 0.2) is 0 Å². The summed E-state index contributed by atoms with van der Waals surface area (Å²) < 4.78 is 10.9. The summed E-state index contributed by atoms with van der Waals surface area (Å²) in [6.07, 6.45) is 6.33. The molecule has 0 aliphatic rings. The molecule has 0 amide bonds. The summed E-state index contributed by atoms with van der Waals surface area (Å²) >= 11 is 0. The highest BCUT2D eigenvalue weighted by atomic mass is 16.5. The molecule has 3 aromatic heterocycles. The molecule has 0 unspecified atom stereocenters. The van der Waals surface area contributed by atoms with Gasteiger partial charge in [0.2, 0.25) is 0 Å². The van der Waals surface area contributed by atoms with Crippen LogP contribution < -0.4 is 4.74 Å². The molecule has 7 rings (SSSR count). The van der Waals surface area contributed by atoms with Gasteiger partial charge in [-0.1, -0.05) is 77.1 Å². The topological polar surface area (TPSA) is 44.9 Å². The molecular weight excluding hydrogens is 613 g/mol. The predicted octanol–water partition coefficient (Wildman–Crippen LogP) is 12.0. The second kappa shape index (κ2) is 13.6. The number of hydrogen-bond donors (Lipinski definition) is 0. The van der Waals surface area contributed by atoms with Gasteiger partial charge in [-0.25, -0.2) is 9.67 Å². The van der Waals surface area contributed by atoms with Gasteiger partial charge in [-0.3, -0.25) is 4.57 Å². The molecule has 7 aromatic rings. The fourth-order valence-electron chi connectivity index (χ4n) is 6.96. The van der Waals surface area contributed by atoms with Crippen LogP contribution in [0.4, 0.5) is 0 Å². The smallest absolute Gasteiger partial charge is 0.137 e. The highest BCUT2D eigenvalue weighted by Gasteiger charge is 2.18. The van der Waals surface area contributed by atoms with E-state index in [0.29, 0.717) is 5.92 Å². The van der Waals surface area contributed by atoms with E-state index in [9.17, 15) is 0 Å². The molecule has 254 valence electrons. The third-order valence-electron chi connectivity index (χ3n) is 9.67. The lowest BCUT2D eigenvalue weighted by molar-refractivity contribution is 0.378. The standard InChI is InChI=1S/C45H48N4O/c1-30(2)16-17-33-18-21-41-40(26-33)39-20-19-38(29-42(39)48(41)43-27-34(23-25-46-43)22-24-45(5,6)7)50-37-15-11-14-36(28-37)49-32(4)44(31(3)47-49)35-12-9-8-10-13-35/h8-15,18-21,23,25-30H,16-17,22,24H2,1-7H3. The Hall–Kier alpha value is -5.16. The summed E-state index contributed by atoms with van der Waals surface area (Å²) in [6.45, 7) is 15.7. The normalized spacial score (nSPS) is 12.0. The number of benzene rings is 4. The minimum absolute atomic E-state index is 0.269. The van der Waals surface area contributed by atoms with Gasteiger partial charge in [0, 0.05) is 40.4 Å². The van der Waals surface area contributed by atoms with Gasteiger partial charge in [0.25, 0.3) is 0 Å². The summed E-state index contributed by atoms with van der Waals surface area (Å²) in [5, 5.41) is 7.37. The van der Waals surface area contributed by atoms with Crippen LogP contribution in [0.15, 0.2) is 109 Å². The maximum absolute atomic E-state index is 6.61. The van der Waals surface area contributed by atoms with Gasteiger partial charge in [-0.15, -0.1) is 0 Å². The molecule has 0 fully saturated rings. The average Bonchev–Trinajstić information content (AvgIpc) is 3.58. The first kappa shape index (κ1) is 33.3. The van der Waals surface area contributed by atoms with Crippen LogP contribution >= 0.6 is 0 Å². The summed E-state index contributed by atoms with van der Waals surface area (Å²) in [4.78, 5) is 4.92. The van der Waals surface area contributed by atoms with Crippen LogP contribution in [-0.4, -0.2) is 19.3 Å². The van der Waals surface area contributed by atoms with Crippen molar-refractivity contribution in [2.75, 3.05) is 0 Å². The second-order valence-corrected chi connectivity index (χ2v) is 15.3. The lowest BCUT2D eigenvalue weighted by Crippen LogP contribution is -2.07. The molecular formula is C45H48N4O. The van der Waals surface area contributed by atoms with Crippen molar-refractivity contribution in [1.82, 2.24) is 19.3 Å². The van der Waals surface area contributed by atoms with Crippen LogP contribution in [0.25, 0.3) is 44.4 Å². The highest BCUT2D eigenvalue weighted by Crippen LogP contribution is 2.37. The lowest BCUT2D eigenvalue weighted by atomic mass is 9.89. The maximum atomic E-state index is 6.61. The second-order valence-electron chi connectivity index (χ2n) is 15.3. The highest BCUT2D eigenvalue weighted by molar-refractivity contribution is 6.09. The van der Waals surface area contributed by atoms with E-state index >= 15 is 0 Å². The number of nitrogens with zero attached hydrogens (tertiary/aromatic N) is 4. The van der Waals surface area contributed by atoms with E-state index in [1.54, 1.807) is 0 Å². The van der Waals surface area contributed by atoms with E-state index in [4.69, 9.17) is 14.8 Å². The first-order chi connectivity index (χ1) is 24.0. The number of rotatable bonds is 10. The Morgan fingerprint density at radius 3 is 2.28 bits per heavy atom. The largest absolute Gasteiger partial charge is 0.457 e. The molecule has 0 N–H and O–H groups in total. The zero-order valence-electron chi connectivity index (χ0n) is 30.5. The molecule has 3 heterocycles. The van der Waals surface area contributed by atoms with Crippen LogP contribution in [0.3, 0.4) is 0 Å². The van der Waals surface area contributed by atoms with Crippen molar-refractivity contribution >= 4 is 21.8 Å². The maximum Gasteiger partial charge on any atom is 0.137 e. The fraction of sp³-hybridized carbons (Fsp3) is 0.289. The van der Waals surface area contributed by atoms with Crippen LogP contribution in [-0.2, 0) is 12.8 Å². The third-order valence-corrected chi connectivity index (χ3v) is 9.67. The molecule has 4 aromatic carbocycles. The number of fused-ring (bicyclic) bond motifs is 3. The quantitative estimate of drug-likeness (QED) is 0.147.